The Morgan fingerprint density at radius 2 is 2.00 bits per heavy atom. The smallest absolute Gasteiger partial charge is 0.260 e. The lowest BCUT2D eigenvalue weighted by Gasteiger charge is -2.14. The Kier molecular flexibility index (Phi) is 5.32. The highest BCUT2D eigenvalue weighted by molar-refractivity contribution is 5.80. The first kappa shape index (κ1) is 15.0. The van der Waals surface area contributed by atoms with E-state index in [1.54, 1.807) is 13.1 Å². The normalized spacial score (nSPS) is 11.7. The largest absolute Gasteiger partial charge is 0.481 e. The number of aromatic nitrogens is 1. The van der Waals surface area contributed by atoms with Crippen LogP contribution in [0.1, 0.15) is 18.2 Å². The first-order chi connectivity index (χ1) is 10.1. The zero-order valence-electron chi connectivity index (χ0n) is 12.4. The van der Waals surface area contributed by atoms with Gasteiger partial charge in [-0.3, -0.25) is 9.78 Å². The maximum absolute atomic E-state index is 11.9. The minimum atomic E-state index is -0.517. The van der Waals surface area contributed by atoms with E-state index in [-0.39, 0.29) is 5.91 Å². The molecule has 1 heterocycles. The number of nitrogens with zero attached hydrogens (tertiary/aromatic N) is 1. The van der Waals surface area contributed by atoms with Gasteiger partial charge in [0.15, 0.2) is 6.10 Å². The van der Waals surface area contributed by atoms with Crippen molar-refractivity contribution in [3.05, 3.63) is 59.9 Å². The summed E-state index contributed by atoms with van der Waals surface area (Å²) in [6, 6.07) is 13.4. The molecule has 0 fully saturated rings. The Bertz CT molecular complexity index is 567. The number of amides is 1. The summed E-state index contributed by atoms with van der Waals surface area (Å²) in [4.78, 5) is 16.2. The van der Waals surface area contributed by atoms with Crippen LogP contribution in [0.4, 0.5) is 0 Å². The molecule has 1 aromatic heterocycles. The number of benzene rings is 1. The minimum absolute atomic E-state index is 0.119. The van der Waals surface area contributed by atoms with Gasteiger partial charge >= 0.3 is 0 Å². The molecule has 0 radical (unpaired) electrons. The first-order valence-electron chi connectivity index (χ1n) is 7.06. The second kappa shape index (κ2) is 7.43. The van der Waals surface area contributed by atoms with E-state index in [0.717, 1.165) is 11.3 Å². The number of carbonyl (C=O) groups is 1. The van der Waals surface area contributed by atoms with Crippen molar-refractivity contribution in [3.63, 3.8) is 0 Å². The SMILES string of the molecule is Cc1ccc(OC(C)C(=O)NCCc2ccccn2)cc1. The van der Waals surface area contributed by atoms with E-state index >= 15 is 0 Å². The van der Waals surface area contributed by atoms with Crippen molar-refractivity contribution >= 4 is 5.91 Å². The van der Waals surface area contributed by atoms with E-state index < -0.39 is 6.10 Å². The molecular formula is C17H20N2O2. The number of aryl methyl sites for hydroxylation is 1. The molecule has 0 saturated carbocycles. The fourth-order valence-electron chi connectivity index (χ4n) is 1.88. The molecule has 2 rings (SSSR count). The Morgan fingerprint density at radius 1 is 1.24 bits per heavy atom. The van der Waals surface area contributed by atoms with E-state index in [1.807, 2.05) is 49.4 Å². The van der Waals surface area contributed by atoms with Crippen LogP contribution < -0.4 is 10.1 Å². The lowest BCUT2D eigenvalue weighted by atomic mass is 10.2. The van der Waals surface area contributed by atoms with Gasteiger partial charge in [0.1, 0.15) is 5.75 Å². The van der Waals surface area contributed by atoms with Gasteiger partial charge in [-0.2, -0.15) is 0 Å². The first-order valence-corrected chi connectivity index (χ1v) is 7.06. The number of hydrogen-bond acceptors (Lipinski definition) is 3. The van der Waals surface area contributed by atoms with E-state index in [2.05, 4.69) is 10.3 Å². The van der Waals surface area contributed by atoms with Crippen LogP contribution in [0.3, 0.4) is 0 Å². The summed E-state index contributed by atoms with van der Waals surface area (Å²) in [5.74, 6) is 0.583. The number of ether oxygens (including phenoxy) is 1. The standard InChI is InChI=1S/C17H20N2O2/c1-13-6-8-16(9-7-13)21-14(2)17(20)19-12-10-15-5-3-4-11-18-15/h3-9,11,14H,10,12H2,1-2H3,(H,19,20). The maximum Gasteiger partial charge on any atom is 0.260 e. The summed E-state index contributed by atoms with van der Waals surface area (Å²) in [5.41, 5.74) is 2.12. The Balaban J connectivity index is 1.76. The molecule has 1 amide bonds. The van der Waals surface area contributed by atoms with Gasteiger partial charge in [0.05, 0.1) is 0 Å². The molecular weight excluding hydrogens is 264 g/mol. The van der Waals surface area contributed by atoms with E-state index in [1.165, 1.54) is 0 Å². The summed E-state index contributed by atoms with van der Waals surface area (Å²) >= 11 is 0. The summed E-state index contributed by atoms with van der Waals surface area (Å²) in [6.45, 7) is 4.31. The van der Waals surface area contributed by atoms with Gasteiger partial charge < -0.3 is 10.1 Å². The summed E-state index contributed by atoms with van der Waals surface area (Å²) < 4.78 is 5.61. The minimum Gasteiger partial charge on any atom is -0.481 e. The molecule has 0 aliphatic rings. The van der Waals surface area contributed by atoms with Gasteiger partial charge in [-0.15, -0.1) is 0 Å². The monoisotopic (exact) mass is 284 g/mol. The van der Waals surface area contributed by atoms with Crippen molar-refractivity contribution in [2.45, 2.75) is 26.4 Å². The van der Waals surface area contributed by atoms with Crippen molar-refractivity contribution in [2.75, 3.05) is 6.54 Å². The Hall–Kier alpha value is -2.36. The fourth-order valence-corrected chi connectivity index (χ4v) is 1.88. The van der Waals surface area contributed by atoms with Crippen LogP contribution in [0.15, 0.2) is 48.7 Å². The molecule has 4 nitrogen and oxygen atoms in total. The van der Waals surface area contributed by atoms with Gasteiger partial charge in [-0.05, 0) is 38.1 Å². The highest BCUT2D eigenvalue weighted by Gasteiger charge is 2.13. The molecule has 21 heavy (non-hydrogen) atoms. The van der Waals surface area contributed by atoms with Crippen molar-refractivity contribution < 1.29 is 9.53 Å². The molecule has 0 aliphatic heterocycles. The topological polar surface area (TPSA) is 51.2 Å². The summed E-state index contributed by atoms with van der Waals surface area (Å²) in [7, 11) is 0. The predicted octanol–water partition coefficient (Wildman–Crippen LogP) is 2.52. The number of hydrogen-bond donors (Lipinski definition) is 1. The van der Waals surface area contributed by atoms with Gasteiger partial charge in [0, 0.05) is 24.9 Å². The zero-order chi connectivity index (χ0) is 15.1. The second-order valence-electron chi connectivity index (χ2n) is 4.94. The van der Waals surface area contributed by atoms with Crippen LogP contribution in [0, 0.1) is 6.92 Å². The maximum atomic E-state index is 11.9. The number of carbonyl (C=O) groups excluding carboxylic acids is 1. The molecule has 0 spiro atoms. The average Bonchev–Trinajstić information content (AvgIpc) is 2.50. The molecule has 1 atom stereocenters. The third kappa shape index (κ3) is 4.91. The molecule has 110 valence electrons. The van der Waals surface area contributed by atoms with Crippen molar-refractivity contribution in [2.24, 2.45) is 0 Å². The number of nitrogens with one attached hydrogen (secondary N) is 1. The van der Waals surface area contributed by atoms with E-state index in [9.17, 15) is 4.79 Å². The lowest BCUT2D eigenvalue weighted by molar-refractivity contribution is -0.127. The van der Waals surface area contributed by atoms with E-state index in [0.29, 0.717) is 18.7 Å². The highest BCUT2D eigenvalue weighted by Crippen LogP contribution is 2.13. The number of pyridine rings is 1. The van der Waals surface area contributed by atoms with Crippen LogP contribution in [0.25, 0.3) is 0 Å². The highest BCUT2D eigenvalue weighted by atomic mass is 16.5. The van der Waals surface area contributed by atoms with Crippen molar-refractivity contribution in [1.29, 1.82) is 0 Å². The molecule has 0 saturated heterocycles. The quantitative estimate of drug-likeness (QED) is 0.886. The number of rotatable bonds is 6. The van der Waals surface area contributed by atoms with Crippen LogP contribution in [0.5, 0.6) is 5.75 Å². The second-order valence-corrected chi connectivity index (χ2v) is 4.94. The van der Waals surface area contributed by atoms with Crippen molar-refractivity contribution in [1.82, 2.24) is 10.3 Å². The molecule has 0 bridgehead atoms. The average molecular weight is 284 g/mol. The van der Waals surface area contributed by atoms with Gasteiger partial charge in [-0.25, -0.2) is 0 Å². The van der Waals surface area contributed by atoms with Gasteiger partial charge in [0.2, 0.25) is 0 Å². The predicted molar refractivity (Wildman–Crippen MR) is 82.2 cm³/mol. The lowest BCUT2D eigenvalue weighted by Crippen LogP contribution is -2.37. The molecule has 2 aromatic rings. The van der Waals surface area contributed by atoms with Crippen LogP contribution in [-0.4, -0.2) is 23.5 Å². The molecule has 1 unspecified atom stereocenters. The summed E-state index contributed by atoms with van der Waals surface area (Å²) in [5, 5.41) is 2.86. The van der Waals surface area contributed by atoms with Crippen LogP contribution >= 0.6 is 0 Å². The summed E-state index contributed by atoms with van der Waals surface area (Å²) in [6.07, 6.45) is 1.95. The van der Waals surface area contributed by atoms with Crippen LogP contribution in [0.2, 0.25) is 0 Å². The van der Waals surface area contributed by atoms with E-state index in [4.69, 9.17) is 4.74 Å². The zero-order valence-corrected chi connectivity index (χ0v) is 12.4. The fraction of sp³-hybridized carbons (Fsp3) is 0.294. The van der Waals surface area contributed by atoms with Crippen LogP contribution in [-0.2, 0) is 11.2 Å². The third-order valence-electron chi connectivity index (χ3n) is 3.11. The third-order valence-corrected chi connectivity index (χ3v) is 3.11. The Labute approximate surface area is 125 Å². The van der Waals surface area contributed by atoms with Gasteiger partial charge in [-0.1, -0.05) is 23.8 Å². The molecule has 1 N–H and O–H groups in total. The molecule has 4 heteroatoms. The van der Waals surface area contributed by atoms with Crippen molar-refractivity contribution in [3.8, 4) is 5.75 Å². The Morgan fingerprint density at radius 3 is 2.67 bits per heavy atom. The molecule has 1 aromatic carbocycles. The van der Waals surface area contributed by atoms with Gasteiger partial charge in [0.25, 0.3) is 5.91 Å². The molecule has 0 aliphatic carbocycles.